The van der Waals surface area contributed by atoms with E-state index in [0.717, 1.165) is 84.2 Å². The highest BCUT2D eigenvalue weighted by Gasteiger charge is 2.34. The third kappa shape index (κ3) is 6.37. The lowest BCUT2D eigenvalue weighted by atomic mass is 9.89. The SMILES string of the molecule is CCNC(=NCC1(N(C)C)CCOCC1)NC1CCN(CCOC)CC1. The molecule has 0 radical (unpaired) electrons. The Morgan fingerprint density at radius 1 is 1.27 bits per heavy atom. The lowest BCUT2D eigenvalue weighted by Crippen LogP contribution is -2.53. The average molecular weight is 370 g/mol. The zero-order chi connectivity index (χ0) is 18.8. The fourth-order valence-corrected chi connectivity index (χ4v) is 3.76. The van der Waals surface area contributed by atoms with Crippen LogP contribution in [-0.4, -0.2) is 101 Å². The van der Waals surface area contributed by atoms with Crippen LogP contribution in [0.1, 0.15) is 32.6 Å². The van der Waals surface area contributed by atoms with Crippen molar-refractivity contribution < 1.29 is 9.47 Å². The van der Waals surface area contributed by atoms with Crippen LogP contribution in [0.5, 0.6) is 0 Å². The molecule has 2 N–H and O–H groups in total. The van der Waals surface area contributed by atoms with E-state index in [9.17, 15) is 0 Å². The van der Waals surface area contributed by atoms with Crippen LogP contribution in [0.4, 0.5) is 0 Å². The van der Waals surface area contributed by atoms with Crippen molar-refractivity contribution in [3.63, 3.8) is 0 Å². The van der Waals surface area contributed by atoms with Crippen LogP contribution in [0.15, 0.2) is 4.99 Å². The van der Waals surface area contributed by atoms with Crippen LogP contribution in [0.25, 0.3) is 0 Å². The minimum absolute atomic E-state index is 0.115. The van der Waals surface area contributed by atoms with Crippen molar-refractivity contribution in [1.29, 1.82) is 0 Å². The van der Waals surface area contributed by atoms with Gasteiger partial charge in [-0.2, -0.15) is 0 Å². The molecule has 0 amide bonds. The summed E-state index contributed by atoms with van der Waals surface area (Å²) in [4.78, 5) is 9.77. The Balaban J connectivity index is 1.88. The van der Waals surface area contributed by atoms with Crippen LogP contribution in [-0.2, 0) is 9.47 Å². The molecular formula is C19H39N5O2. The minimum atomic E-state index is 0.115. The standard InChI is InChI=1S/C19H39N5O2/c1-5-20-18(21-16-19(23(2)3)8-13-26-14-9-19)22-17-6-10-24(11-7-17)12-15-25-4/h17H,5-16H2,1-4H3,(H2,20,21,22). The number of likely N-dealkylation sites (tertiary alicyclic amines) is 1. The molecule has 2 fully saturated rings. The van der Waals surface area contributed by atoms with Crippen LogP contribution in [0.2, 0.25) is 0 Å². The van der Waals surface area contributed by atoms with Gasteiger partial charge in [0.2, 0.25) is 0 Å². The second-order valence-electron chi connectivity index (χ2n) is 7.68. The third-order valence-electron chi connectivity index (χ3n) is 5.79. The molecule has 7 heteroatoms. The van der Waals surface area contributed by atoms with Crippen molar-refractivity contribution in [2.24, 2.45) is 4.99 Å². The van der Waals surface area contributed by atoms with Gasteiger partial charge in [-0.1, -0.05) is 0 Å². The first-order chi connectivity index (χ1) is 12.6. The molecule has 7 nitrogen and oxygen atoms in total. The predicted molar refractivity (Wildman–Crippen MR) is 107 cm³/mol. The molecule has 2 heterocycles. The molecular weight excluding hydrogens is 330 g/mol. The molecule has 2 saturated heterocycles. The number of nitrogens with zero attached hydrogens (tertiary/aromatic N) is 3. The summed E-state index contributed by atoms with van der Waals surface area (Å²) in [5.41, 5.74) is 0.115. The fraction of sp³-hybridized carbons (Fsp3) is 0.947. The van der Waals surface area contributed by atoms with Crippen molar-refractivity contribution in [1.82, 2.24) is 20.4 Å². The van der Waals surface area contributed by atoms with Gasteiger partial charge in [0, 0.05) is 58.1 Å². The van der Waals surface area contributed by atoms with E-state index in [1.54, 1.807) is 7.11 Å². The molecule has 0 aromatic rings. The summed E-state index contributed by atoms with van der Waals surface area (Å²) in [6.07, 6.45) is 4.39. The molecule has 2 aliphatic heterocycles. The maximum atomic E-state index is 5.57. The first-order valence-corrected chi connectivity index (χ1v) is 10.1. The van der Waals surface area contributed by atoms with E-state index in [4.69, 9.17) is 14.5 Å². The summed E-state index contributed by atoms with van der Waals surface area (Å²) in [5, 5.41) is 7.09. The number of guanidine groups is 1. The molecule has 0 aromatic carbocycles. The number of aliphatic imine (C=N–C) groups is 1. The summed E-state index contributed by atoms with van der Waals surface area (Å²) in [7, 11) is 6.10. The Hall–Kier alpha value is -0.890. The van der Waals surface area contributed by atoms with Gasteiger partial charge < -0.3 is 29.9 Å². The van der Waals surface area contributed by atoms with Gasteiger partial charge >= 0.3 is 0 Å². The Kier molecular flexibility index (Phi) is 9.11. The van der Waals surface area contributed by atoms with E-state index >= 15 is 0 Å². The second-order valence-corrected chi connectivity index (χ2v) is 7.68. The summed E-state index contributed by atoms with van der Waals surface area (Å²) < 4.78 is 10.8. The molecule has 0 saturated carbocycles. The normalized spacial score (nSPS) is 22.6. The molecule has 26 heavy (non-hydrogen) atoms. The first kappa shape index (κ1) is 21.4. The highest BCUT2D eigenvalue weighted by atomic mass is 16.5. The maximum Gasteiger partial charge on any atom is 0.191 e. The molecule has 2 aliphatic rings. The van der Waals surface area contributed by atoms with Gasteiger partial charge in [0.25, 0.3) is 0 Å². The lowest BCUT2D eigenvalue weighted by molar-refractivity contribution is -0.00256. The van der Waals surface area contributed by atoms with E-state index in [0.29, 0.717) is 6.04 Å². The first-order valence-electron chi connectivity index (χ1n) is 10.1. The van der Waals surface area contributed by atoms with Gasteiger partial charge in [0.05, 0.1) is 13.2 Å². The van der Waals surface area contributed by atoms with Crippen molar-refractivity contribution in [2.75, 3.05) is 73.7 Å². The number of ether oxygens (including phenoxy) is 2. The number of nitrogens with one attached hydrogen (secondary N) is 2. The average Bonchev–Trinajstić information content (AvgIpc) is 2.66. The zero-order valence-electron chi connectivity index (χ0n) is 17.2. The molecule has 0 aromatic heterocycles. The van der Waals surface area contributed by atoms with Crippen LogP contribution >= 0.6 is 0 Å². The molecule has 0 spiro atoms. The van der Waals surface area contributed by atoms with Gasteiger partial charge in [-0.25, -0.2) is 0 Å². The van der Waals surface area contributed by atoms with Gasteiger partial charge in [0.1, 0.15) is 0 Å². The van der Waals surface area contributed by atoms with Crippen molar-refractivity contribution in [3.8, 4) is 0 Å². The third-order valence-corrected chi connectivity index (χ3v) is 5.79. The number of rotatable bonds is 8. The number of hydrogen-bond donors (Lipinski definition) is 2. The van der Waals surface area contributed by atoms with Crippen molar-refractivity contribution in [2.45, 2.75) is 44.2 Å². The monoisotopic (exact) mass is 369 g/mol. The predicted octanol–water partition coefficient (Wildman–Crippen LogP) is 0.763. The molecule has 0 unspecified atom stereocenters. The number of likely N-dealkylation sites (N-methyl/N-ethyl adjacent to an activating group) is 1. The van der Waals surface area contributed by atoms with Crippen molar-refractivity contribution in [3.05, 3.63) is 0 Å². The number of hydrogen-bond acceptors (Lipinski definition) is 5. The highest BCUT2D eigenvalue weighted by molar-refractivity contribution is 5.80. The maximum absolute atomic E-state index is 5.57. The van der Waals surface area contributed by atoms with Gasteiger partial charge in [-0.05, 0) is 46.7 Å². The smallest absolute Gasteiger partial charge is 0.191 e. The van der Waals surface area contributed by atoms with Crippen LogP contribution in [0, 0.1) is 0 Å². The van der Waals surface area contributed by atoms with Gasteiger partial charge in [-0.3, -0.25) is 4.99 Å². The minimum Gasteiger partial charge on any atom is -0.383 e. The molecule has 2 rings (SSSR count). The Bertz CT molecular complexity index is 416. The van der Waals surface area contributed by atoms with E-state index < -0.39 is 0 Å². The highest BCUT2D eigenvalue weighted by Crippen LogP contribution is 2.26. The van der Waals surface area contributed by atoms with E-state index in [1.807, 2.05) is 0 Å². The largest absolute Gasteiger partial charge is 0.383 e. The Morgan fingerprint density at radius 3 is 2.54 bits per heavy atom. The molecule has 152 valence electrons. The fourth-order valence-electron chi connectivity index (χ4n) is 3.76. The summed E-state index contributed by atoms with van der Waals surface area (Å²) in [6, 6.07) is 0.497. The molecule has 0 aliphatic carbocycles. The quantitative estimate of drug-likeness (QED) is 0.487. The topological polar surface area (TPSA) is 61.4 Å². The Labute approximate surface area is 159 Å². The van der Waals surface area contributed by atoms with E-state index in [1.165, 1.54) is 0 Å². The van der Waals surface area contributed by atoms with E-state index in [-0.39, 0.29) is 5.54 Å². The summed E-state index contributed by atoms with van der Waals surface area (Å²) >= 11 is 0. The second kappa shape index (κ2) is 11.1. The summed E-state index contributed by atoms with van der Waals surface area (Å²) in [5.74, 6) is 0.954. The van der Waals surface area contributed by atoms with Crippen molar-refractivity contribution >= 4 is 5.96 Å². The Morgan fingerprint density at radius 2 is 1.96 bits per heavy atom. The summed E-state index contributed by atoms with van der Waals surface area (Å²) in [6.45, 7) is 9.58. The number of piperidine rings is 1. The lowest BCUT2D eigenvalue weighted by Gasteiger charge is -2.42. The van der Waals surface area contributed by atoms with Gasteiger partial charge in [0.15, 0.2) is 5.96 Å². The van der Waals surface area contributed by atoms with Crippen LogP contribution in [0.3, 0.4) is 0 Å². The molecule has 0 atom stereocenters. The molecule has 0 bridgehead atoms. The van der Waals surface area contributed by atoms with Crippen LogP contribution < -0.4 is 10.6 Å². The van der Waals surface area contributed by atoms with E-state index in [2.05, 4.69) is 41.5 Å². The number of methoxy groups -OCH3 is 1. The van der Waals surface area contributed by atoms with Gasteiger partial charge in [-0.15, -0.1) is 0 Å². The zero-order valence-corrected chi connectivity index (χ0v) is 17.2.